The Labute approximate surface area is 186 Å². The molecule has 0 radical (unpaired) electrons. The molecule has 3 aromatic carbocycles. The van der Waals surface area contributed by atoms with E-state index in [0.29, 0.717) is 13.2 Å². The van der Waals surface area contributed by atoms with Crippen LogP contribution in [0.15, 0.2) is 71.2 Å². The second-order valence-corrected chi connectivity index (χ2v) is 7.94. The van der Waals surface area contributed by atoms with E-state index in [9.17, 15) is 0 Å². The molecule has 0 amide bonds. The van der Waals surface area contributed by atoms with Crippen LogP contribution in [0.5, 0.6) is 11.5 Å². The lowest BCUT2D eigenvalue weighted by Gasteiger charge is -2.15. The highest BCUT2D eigenvalue weighted by molar-refractivity contribution is 9.10. The van der Waals surface area contributed by atoms with Gasteiger partial charge >= 0.3 is 0 Å². The van der Waals surface area contributed by atoms with Crippen molar-refractivity contribution >= 4 is 27.5 Å². The summed E-state index contributed by atoms with van der Waals surface area (Å²) in [5.41, 5.74) is 3.53. The number of nitrogens with one attached hydrogen (secondary N) is 1. The zero-order chi connectivity index (χ0) is 20.5. The number of halogens is 2. The summed E-state index contributed by atoms with van der Waals surface area (Å²) in [7, 11) is 0. The van der Waals surface area contributed by atoms with Gasteiger partial charge in [-0.05, 0) is 60.8 Å². The Morgan fingerprint density at radius 2 is 1.62 bits per heavy atom. The van der Waals surface area contributed by atoms with Crippen LogP contribution in [0, 0.1) is 0 Å². The molecule has 1 N–H and O–H groups in total. The lowest BCUT2D eigenvalue weighted by molar-refractivity contribution is 0.269. The van der Waals surface area contributed by atoms with Crippen LogP contribution >= 0.6 is 27.5 Å². The van der Waals surface area contributed by atoms with Crippen LogP contribution < -0.4 is 14.8 Å². The predicted molar refractivity (Wildman–Crippen MR) is 123 cm³/mol. The van der Waals surface area contributed by atoms with Gasteiger partial charge in [-0.3, -0.25) is 0 Å². The van der Waals surface area contributed by atoms with Crippen LogP contribution in [0.25, 0.3) is 0 Å². The zero-order valence-corrected chi connectivity index (χ0v) is 18.8. The summed E-state index contributed by atoms with van der Waals surface area (Å²) in [5, 5.41) is 4.22. The van der Waals surface area contributed by atoms with E-state index >= 15 is 0 Å². The topological polar surface area (TPSA) is 30.5 Å². The number of benzene rings is 3. The first-order valence-corrected chi connectivity index (χ1v) is 10.9. The molecule has 0 fully saturated rings. The molecule has 152 valence electrons. The highest BCUT2D eigenvalue weighted by Gasteiger charge is 2.11. The molecule has 5 heteroatoms. The van der Waals surface area contributed by atoms with Gasteiger partial charge in [-0.1, -0.05) is 70.0 Å². The number of ether oxygens (including phenoxy) is 2. The Hall–Kier alpha value is -2.01. The molecular weight excluding hydrogens is 450 g/mol. The summed E-state index contributed by atoms with van der Waals surface area (Å²) in [5.74, 6) is 1.48. The normalized spacial score (nSPS) is 10.7. The highest BCUT2D eigenvalue weighted by atomic mass is 79.9. The molecular formula is C24H25BrClNO2. The van der Waals surface area contributed by atoms with Crippen molar-refractivity contribution < 1.29 is 9.47 Å². The van der Waals surface area contributed by atoms with Gasteiger partial charge in [-0.2, -0.15) is 0 Å². The minimum absolute atomic E-state index is 0.457. The van der Waals surface area contributed by atoms with E-state index in [4.69, 9.17) is 21.1 Å². The third kappa shape index (κ3) is 6.77. The van der Waals surface area contributed by atoms with Gasteiger partial charge in [-0.25, -0.2) is 0 Å². The number of hydrogen-bond donors (Lipinski definition) is 1. The summed E-state index contributed by atoms with van der Waals surface area (Å²) in [6.45, 7) is 4.68. The Kier molecular flexibility index (Phi) is 8.41. The number of hydrogen-bond acceptors (Lipinski definition) is 3. The molecule has 3 aromatic rings. The predicted octanol–water partition coefficient (Wildman–Crippen LogP) is 6.41. The molecule has 0 spiro atoms. The minimum Gasteiger partial charge on any atom is -0.490 e. The molecule has 0 saturated carbocycles. The molecule has 29 heavy (non-hydrogen) atoms. The summed E-state index contributed by atoms with van der Waals surface area (Å²) >= 11 is 9.62. The van der Waals surface area contributed by atoms with Crippen molar-refractivity contribution in [3.63, 3.8) is 0 Å². The molecule has 0 aliphatic carbocycles. The van der Waals surface area contributed by atoms with Crippen LogP contribution in [0.2, 0.25) is 5.02 Å². The van der Waals surface area contributed by atoms with Crippen molar-refractivity contribution in [1.82, 2.24) is 5.32 Å². The van der Waals surface area contributed by atoms with Crippen molar-refractivity contribution in [3.8, 4) is 11.5 Å². The van der Waals surface area contributed by atoms with Crippen LogP contribution in [0.3, 0.4) is 0 Å². The standard InChI is InChI=1S/C24H25BrClNO2/c1-2-28-23-14-20(16-27-13-12-18-6-4-3-5-7-18)22(25)15-24(23)29-17-19-8-10-21(26)11-9-19/h3-11,14-15,27H,2,12-13,16-17H2,1H3. The maximum Gasteiger partial charge on any atom is 0.162 e. The van der Waals surface area contributed by atoms with E-state index < -0.39 is 0 Å². The smallest absolute Gasteiger partial charge is 0.162 e. The fraction of sp³-hybridized carbons (Fsp3) is 0.250. The summed E-state index contributed by atoms with van der Waals surface area (Å²) in [4.78, 5) is 0. The van der Waals surface area contributed by atoms with Gasteiger partial charge in [0.1, 0.15) is 6.61 Å². The molecule has 3 rings (SSSR count). The maximum atomic E-state index is 6.02. The second-order valence-electron chi connectivity index (χ2n) is 6.65. The zero-order valence-electron chi connectivity index (χ0n) is 16.5. The molecule has 0 aliphatic rings. The fourth-order valence-electron chi connectivity index (χ4n) is 2.94. The van der Waals surface area contributed by atoms with Crippen molar-refractivity contribution in [2.45, 2.75) is 26.5 Å². The lowest BCUT2D eigenvalue weighted by Crippen LogP contribution is -2.17. The van der Waals surface area contributed by atoms with Gasteiger partial charge in [0, 0.05) is 16.0 Å². The summed E-state index contributed by atoms with van der Waals surface area (Å²) in [6, 6.07) is 22.2. The van der Waals surface area contributed by atoms with Crippen LogP contribution in [-0.4, -0.2) is 13.2 Å². The van der Waals surface area contributed by atoms with Crippen LogP contribution in [0.4, 0.5) is 0 Å². The Morgan fingerprint density at radius 1 is 0.897 bits per heavy atom. The quantitative estimate of drug-likeness (QED) is 0.344. The van der Waals surface area contributed by atoms with Gasteiger partial charge in [0.15, 0.2) is 11.5 Å². The Bertz CT molecular complexity index is 901. The van der Waals surface area contributed by atoms with E-state index in [0.717, 1.165) is 51.6 Å². The number of rotatable bonds is 10. The average Bonchev–Trinajstić information content (AvgIpc) is 2.74. The van der Waals surface area contributed by atoms with Gasteiger partial charge in [0.05, 0.1) is 6.61 Å². The molecule has 0 unspecified atom stereocenters. The first kappa shape index (κ1) is 21.7. The van der Waals surface area contributed by atoms with E-state index in [-0.39, 0.29) is 0 Å². The van der Waals surface area contributed by atoms with E-state index in [1.165, 1.54) is 5.56 Å². The molecule has 0 aliphatic heterocycles. The van der Waals surface area contributed by atoms with Gasteiger partial charge in [-0.15, -0.1) is 0 Å². The van der Waals surface area contributed by atoms with Crippen molar-refractivity contribution in [1.29, 1.82) is 0 Å². The van der Waals surface area contributed by atoms with Crippen molar-refractivity contribution in [2.75, 3.05) is 13.2 Å². The van der Waals surface area contributed by atoms with Crippen molar-refractivity contribution in [2.24, 2.45) is 0 Å². The third-order valence-corrected chi connectivity index (χ3v) is 5.46. The van der Waals surface area contributed by atoms with E-state index in [1.54, 1.807) is 0 Å². The Morgan fingerprint density at radius 3 is 2.34 bits per heavy atom. The SMILES string of the molecule is CCOc1cc(CNCCc2ccccc2)c(Br)cc1OCc1ccc(Cl)cc1. The Balaban J connectivity index is 1.61. The van der Waals surface area contributed by atoms with E-state index in [1.807, 2.05) is 49.4 Å². The average molecular weight is 475 g/mol. The van der Waals surface area contributed by atoms with E-state index in [2.05, 4.69) is 45.5 Å². The van der Waals surface area contributed by atoms with Crippen LogP contribution in [0.1, 0.15) is 23.6 Å². The first-order valence-electron chi connectivity index (χ1n) is 9.73. The monoisotopic (exact) mass is 473 g/mol. The van der Waals surface area contributed by atoms with Crippen LogP contribution in [-0.2, 0) is 19.6 Å². The molecule has 0 bridgehead atoms. The molecule has 0 heterocycles. The van der Waals surface area contributed by atoms with Crippen molar-refractivity contribution in [3.05, 3.63) is 92.9 Å². The highest BCUT2D eigenvalue weighted by Crippen LogP contribution is 2.34. The van der Waals surface area contributed by atoms with Gasteiger partial charge < -0.3 is 14.8 Å². The first-order chi connectivity index (χ1) is 14.2. The molecule has 0 saturated heterocycles. The maximum absolute atomic E-state index is 6.02. The minimum atomic E-state index is 0.457. The second kappa shape index (κ2) is 11.2. The largest absolute Gasteiger partial charge is 0.490 e. The summed E-state index contributed by atoms with van der Waals surface area (Å²) < 4.78 is 12.8. The van der Waals surface area contributed by atoms with Gasteiger partial charge in [0.2, 0.25) is 0 Å². The molecule has 3 nitrogen and oxygen atoms in total. The fourth-order valence-corrected chi connectivity index (χ4v) is 3.52. The van der Waals surface area contributed by atoms with Gasteiger partial charge in [0.25, 0.3) is 0 Å². The molecule has 0 aromatic heterocycles. The summed E-state index contributed by atoms with van der Waals surface area (Å²) in [6.07, 6.45) is 0.999. The lowest BCUT2D eigenvalue weighted by atomic mass is 10.1. The molecule has 0 atom stereocenters. The third-order valence-electron chi connectivity index (χ3n) is 4.47.